The van der Waals surface area contributed by atoms with Crippen LogP contribution >= 0.6 is 23.0 Å². The minimum atomic E-state index is 0.627. The zero-order chi connectivity index (χ0) is 10.4. The van der Waals surface area contributed by atoms with E-state index in [0.29, 0.717) is 5.92 Å². The van der Waals surface area contributed by atoms with Gasteiger partial charge in [-0.15, -0.1) is 0 Å². The zero-order valence-electron chi connectivity index (χ0n) is 8.79. The molecule has 0 bridgehead atoms. The maximum atomic E-state index is 5.00. The van der Waals surface area contributed by atoms with Gasteiger partial charge < -0.3 is 3.07 Å². The third-order valence-corrected chi connectivity index (χ3v) is 2.77. The van der Waals surface area contributed by atoms with Gasteiger partial charge in [-0.05, 0) is 29.9 Å². The van der Waals surface area contributed by atoms with E-state index in [9.17, 15) is 0 Å². The van der Waals surface area contributed by atoms with Gasteiger partial charge in [-0.25, -0.2) is 0 Å². The molecule has 0 aromatic heterocycles. The van der Waals surface area contributed by atoms with Crippen LogP contribution in [-0.4, -0.2) is 6.61 Å². The van der Waals surface area contributed by atoms with Crippen molar-refractivity contribution in [3.63, 3.8) is 0 Å². The minimum Gasteiger partial charge on any atom is -0.316 e. The van der Waals surface area contributed by atoms with E-state index in [1.807, 2.05) is 23.0 Å². The van der Waals surface area contributed by atoms with Gasteiger partial charge >= 0.3 is 0 Å². The van der Waals surface area contributed by atoms with Crippen molar-refractivity contribution in [2.24, 2.45) is 0 Å². The molecule has 14 heavy (non-hydrogen) atoms. The molecule has 1 nitrogen and oxygen atoms in total. The van der Waals surface area contributed by atoms with Gasteiger partial charge in [0.1, 0.15) is 23.0 Å². The Balaban J connectivity index is 2.47. The van der Waals surface area contributed by atoms with Crippen LogP contribution in [0, 0.1) is 0 Å². The summed E-state index contributed by atoms with van der Waals surface area (Å²) in [6.45, 7) is 5.28. The van der Waals surface area contributed by atoms with E-state index < -0.39 is 0 Å². The van der Waals surface area contributed by atoms with Crippen molar-refractivity contribution < 1.29 is 3.07 Å². The van der Waals surface area contributed by atoms with Crippen molar-refractivity contribution in [3.8, 4) is 0 Å². The predicted octanol–water partition coefficient (Wildman–Crippen LogP) is 4.11. The molecule has 1 rings (SSSR count). The molecule has 0 N–H and O–H groups in total. The van der Waals surface area contributed by atoms with Crippen LogP contribution in [0.25, 0.3) is 0 Å². The van der Waals surface area contributed by atoms with Gasteiger partial charge in [0.15, 0.2) is 0 Å². The highest BCUT2D eigenvalue weighted by Crippen LogP contribution is 2.15. The molecule has 0 unspecified atom stereocenters. The molecular formula is C12H17IO. The normalized spacial score (nSPS) is 10.9. The number of hydrogen-bond acceptors (Lipinski definition) is 1. The van der Waals surface area contributed by atoms with Gasteiger partial charge in [-0.1, -0.05) is 38.1 Å². The molecule has 0 heterocycles. The second kappa shape index (κ2) is 6.40. The molecule has 0 aliphatic heterocycles. The van der Waals surface area contributed by atoms with E-state index in [1.165, 1.54) is 11.1 Å². The number of aryl methyl sites for hydroxylation is 1. The Morgan fingerprint density at radius 2 is 1.86 bits per heavy atom. The lowest BCUT2D eigenvalue weighted by Crippen LogP contribution is -1.92. The SMILES string of the molecule is CC(C)c1ccc(CCCOI)cc1. The second-order valence-corrected chi connectivity index (χ2v) is 4.44. The lowest BCUT2D eigenvalue weighted by molar-refractivity contribution is 0.414. The third-order valence-electron chi connectivity index (χ3n) is 2.33. The third kappa shape index (κ3) is 3.96. The fourth-order valence-corrected chi connectivity index (χ4v) is 1.71. The molecule has 78 valence electrons. The van der Waals surface area contributed by atoms with E-state index in [0.717, 1.165) is 19.4 Å². The predicted molar refractivity (Wildman–Crippen MR) is 68.8 cm³/mol. The maximum Gasteiger partial charge on any atom is 0.109 e. The molecule has 0 spiro atoms. The molecular weight excluding hydrogens is 287 g/mol. The quantitative estimate of drug-likeness (QED) is 0.587. The van der Waals surface area contributed by atoms with Crippen LogP contribution < -0.4 is 0 Å². The summed E-state index contributed by atoms with van der Waals surface area (Å²) in [5.41, 5.74) is 2.82. The van der Waals surface area contributed by atoms with E-state index in [1.54, 1.807) is 0 Å². The van der Waals surface area contributed by atoms with E-state index in [-0.39, 0.29) is 0 Å². The van der Waals surface area contributed by atoms with E-state index >= 15 is 0 Å². The van der Waals surface area contributed by atoms with Gasteiger partial charge in [0.05, 0.1) is 6.61 Å². The Hall–Kier alpha value is -0.0900. The Morgan fingerprint density at radius 1 is 1.21 bits per heavy atom. The fraction of sp³-hybridized carbons (Fsp3) is 0.500. The van der Waals surface area contributed by atoms with Crippen LogP contribution in [0.4, 0.5) is 0 Å². The van der Waals surface area contributed by atoms with Gasteiger partial charge in [0.25, 0.3) is 0 Å². The van der Waals surface area contributed by atoms with E-state index in [4.69, 9.17) is 3.07 Å². The van der Waals surface area contributed by atoms with Crippen LogP contribution in [0.3, 0.4) is 0 Å². The molecule has 0 aliphatic carbocycles. The monoisotopic (exact) mass is 304 g/mol. The van der Waals surface area contributed by atoms with Crippen molar-refractivity contribution in [2.75, 3.05) is 6.61 Å². The first-order valence-corrected chi connectivity index (χ1v) is 5.94. The fourth-order valence-electron chi connectivity index (χ4n) is 1.40. The first-order valence-electron chi connectivity index (χ1n) is 5.06. The summed E-state index contributed by atoms with van der Waals surface area (Å²) in [5.74, 6) is 0.627. The maximum absolute atomic E-state index is 5.00. The van der Waals surface area contributed by atoms with Crippen LogP contribution in [0.5, 0.6) is 0 Å². The first-order chi connectivity index (χ1) is 6.74. The van der Waals surface area contributed by atoms with Crippen molar-refractivity contribution in [1.29, 1.82) is 0 Å². The number of rotatable bonds is 5. The van der Waals surface area contributed by atoms with Crippen molar-refractivity contribution in [2.45, 2.75) is 32.6 Å². The van der Waals surface area contributed by atoms with Crippen molar-refractivity contribution in [3.05, 3.63) is 35.4 Å². The van der Waals surface area contributed by atoms with Crippen LogP contribution in [0.15, 0.2) is 24.3 Å². The Bertz CT molecular complexity index is 254. The zero-order valence-corrected chi connectivity index (χ0v) is 11.0. The molecule has 0 fully saturated rings. The Labute approximate surface area is 101 Å². The van der Waals surface area contributed by atoms with Gasteiger partial charge in [-0.2, -0.15) is 0 Å². The summed E-state index contributed by atoms with van der Waals surface area (Å²) in [6, 6.07) is 8.90. The molecule has 2 heteroatoms. The topological polar surface area (TPSA) is 9.23 Å². The molecule has 1 aromatic carbocycles. The lowest BCUT2D eigenvalue weighted by atomic mass is 10.0. The highest BCUT2D eigenvalue weighted by atomic mass is 127. The lowest BCUT2D eigenvalue weighted by Gasteiger charge is -2.06. The molecule has 0 saturated carbocycles. The van der Waals surface area contributed by atoms with Crippen LogP contribution in [0.2, 0.25) is 0 Å². The summed E-state index contributed by atoms with van der Waals surface area (Å²) in [6.07, 6.45) is 2.21. The average Bonchev–Trinajstić information content (AvgIpc) is 2.19. The average molecular weight is 304 g/mol. The Morgan fingerprint density at radius 3 is 2.36 bits per heavy atom. The second-order valence-electron chi connectivity index (χ2n) is 3.81. The van der Waals surface area contributed by atoms with Gasteiger partial charge in [-0.3, -0.25) is 0 Å². The van der Waals surface area contributed by atoms with Gasteiger partial charge in [0.2, 0.25) is 0 Å². The smallest absolute Gasteiger partial charge is 0.109 e. The standard InChI is InChI=1S/C12H17IO/c1-10(2)12-7-5-11(6-8-12)4-3-9-14-13/h5-8,10H,3-4,9H2,1-2H3. The number of halogens is 1. The van der Waals surface area contributed by atoms with Crippen molar-refractivity contribution in [1.82, 2.24) is 0 Å². The molecule has 0 saturated heterocycles. The van der Waals surface area contributed by atoms with Gasteiger partial charge in [0, 0.05) is 0 Å². The number of hydrogen-bond donors (Lipinski definition) is 0. The first kappa shape index (κ1) is 12.0. The summed E-state index contributed by atoms with van der Waals surface area (Å²) < 4.78 is 5.00. The summed E-state index contributed by atoms with van der Waals surface area (Å²) in [4.78, 5) is 0. The molecule has 0 radical (unpaired) electrons. The minimum absolute atomic E-state index is 0.627. The summed E-state index contributed by atoms with van der Waals surface area (Å²) in [5, 5.41) is 0. The highest BCUT2D eigenvalue weighted by molar-refractivity contribution is 14.1. The largest absolute Gasteiger partial charge is 0.316 e. The van der Waals surface area contributed by atoms with Crippen molar-refractivity contribution >= 4 is 23.0 Å². The summed E-state index contributed by atoms with van der Waals surface area (Å²) in [7, 11) is 0. The molecule has 1 aromatic rings. The Kier molecular flexibility index (Phi) is 5.48. The van der Waals surface area contributed by atoms with Crippen LogP contribution in [-0.2, 0) is 9.49 Å². The highest BCUT2D eigenvalue weighted by Gasteiger charge is 1.98. The molecule has 0 amide bonds. The molecule has 0 atom stereocenters. The van der Waals surface area contributed by atoms with Crippen LogP contribution in [0.1, 0.15) is 37.3 Å². The molecule has 0 aliphatic rings. The van der Waals surface area contributed by atoms with E-state index in [2.05, 4.69) is 38.1 Å². The number of benzene rings is 1. The summed E-state index contributed by atoms with van der Waals surface area (Å²) >= 11 is 1.94.